The number of hydrogen-bond donors (Lipinski definition) is 3. The maximum atomic E-state index is 13.5. The van der Waals surface area contributed by atoms with E-state index in [4.69, 9.17) is 9.47 Å². The molecule has 2 aliphatic rings. The molecule has 3 N–H and O–H groups in total. The van der Waals surface area contributed by atoms with Crippen molar-refractivity contribution in [1.29, 1.82) is 0 Å². The summed E-state index contributed by atoms with van der Waals surface area (Å²) in [4.78, 5) is 33.8. The van der Waals surface area contributed by atoms with Crippen LogP contribution in [-0.2, 0) is 14.8 Å². The molecule has 3 heterocycles. The molecule has 2 aromatic heterocycles. The maximum absolute atomic E-state index is 13.5. The number of rotatable bonds is 9. The first kappa shape index (κ1) is 28.4. The highest BCUT2D eigenvalue weighted by atomic mass is 32.2. The molecule has 43 heavy (non-hydrogen) atoms. The Labute approximate surface area is 247 Å². The second kappa shape index (κ2) is 11.5. The molecule has 4 aromatic rings. The van der Waals surface area contributed by atoms with Gasteiger partial charge in [-0.05, 0) is 61.6 Å². The lowest BCUT2D eigenvalue weighted by atomic mass is 9.82. The molecule has 1 amide bonds. The van der Waals surface area contributed by atoms with Crippen molar-refractivity contribution in [2.75, 3.05) is 37.0 Å². The first-order valence-electron chi connectivity index (χ1n) is 13.8. The molecular formula is C29H30N6O7S. The molecule has 1 fully saturated rings. The molecule has 14 heteroatoms. The van der Waals surface area contributed by atoms with E-state index >= 15 is 0 Å². The lowest BCUT2D eigenvalue weighted by Gasteiger charge is -2.34. The molecule has 224 valence electrons. The standard InChI is InChI=1S/C29H30N6O7S/c1-41-20-13-18(14-20)17-31-23-8-7-21(16-25(23)35(37)38)43(39,40)33-28(36)22-5-2-3-6-24(22)34-11-4-12-42-29-26(34)15-19-9-10-30-27(19)32-29/h2-3,5-10,15-16,18,20,31H,4,11-14,17H2,1H3,(H,30,32)(H,33,36). The topological polar surface area (TPSA) is 169 Å². The molecule has 1 aliphatic carbocycles. The number of H-pyrrole nitrogens is 1. The van der Waals surface area contributed by atoms with Crippen LogP contribution in [0.1, 0.15) is 29.6 Å². The summed E-state index contributed by atoms with van der Waals surface area (Å²) in [7, 11) is -2.81. The Morgan fingerprint density at radius 3 is 2.79 bits per heavy atom. The van der Waals surface area contributed by atoms with Crippen molar-refractivity contribution in [3.8, 4) is 5.88 Å². The van der Waals surface area contributed by atoms with Crippen LogP contribution in [0.4, 0.5) is 22.7 Å². The number of aromatic amines is 1. The monoisotopic (exact) mass is 606 g/mol. The van der Waals surface area contributed by atoms with Gasteiger partial charge in [0.15, 0.2) is 0 Å². The van der Waals surface area contributed by atoms with Gasteiger partial charge >= 0.3 is 0 Å². The predicted octanol–water partition coefficient (Wildman–Crippen LogP) is 4.35. The van der Waals surface area contributed by atoms with E-state index in [-0.39, 0.29) is 17.4 Å². The van der Waals surface area contributed by atoms with Crippen LogP contribution in [0, 0.1) is 16.0 Å². The Morgan fingerprint density at radius 1 is 1.19 bits per heavy atom. The number of methoxy groups -OCH3 is 1. The smallest absolute Gasteiger partial charge is 0.293 e. The van der Waals surface area contributed by atoms with Crippen LogP contribution in [0.3, 0.4) is 0 Å². The number of benzene rings is 2. The van der Waals surface area contributed by atoms with E-state index in [0.717, 1.165) is 24.3 Å². The summed E-state index contributed by atoms with van der Waals surface area (Å²) >= 11 is 0. The number of ether oxygens (including phenoxy) is 2. The summed E-state index contributed by atoms with van der Waals surface area (Å²) in [6.07, 6.45) is 4.29. The van der Waals surface area contributed by atoms with E-state index in [9.17, 15) is 23.3 Å². The van der Waals surface area contributed by atoms with Crippen LogP contribution >= 0.6 is 0 Å². The summed E-state index contributed by atoms with van der Waals surface area (Å²) in [6.45, 7) is 1.41. The molecule has 0 atom stereocenters. The van der Waals surface area contributed by atoms with Gasteiger partial charge in [0, 0.05) is 37.8 Å². The van der Waals surface area contributed by atoms with E-state index < -0.39 is 31.4 Å². The van der Waals surface area contributed by atoms with Crippen LogP contribution in [0.5, 0.6) is 5.88 Å². The van der Waals surface area contributed by atoms with Gasteiger partial charge in [-0.25, -0.2) is 13.1 Å². The minimum Gasteiger partial charge on any atom is -0.476 e. The number of nitrogens with zero attached hydrogens (tertiary/aromatic N) is 3. The number of aromatic nitrogens is 2. The SMILES string of the molecule is COC1CC(CNc2ccc(S(=O)(=O)NC(=O)c3ccccc3N3CCCOc4nc5[nH]ccc5cc43)cc2[N+](=O)[O-])C1. The third kappa shape index (κ3) is 5.70. The average molecular weight is 607 g/mol. The lowest BCUT2D eigenvalue weighted by Crippen LogP contribution is -2.34. The van der Waals surface area contributed by atoms with Gasteiger partial charge in [0.2, 0.25) is 5.88 Å². The van der Waals surface area contributed by atoms with Crippen LogP contribution in [0.25, 0.3) is 11.0 Å². The number of fused-ring (bicyclic) bond motifs is 2. The first-order valence-corrected chi connectivity index (χ1v) is 15.3. The number of pyridine rings is 1. The van der Waals surface area contributed by atoms with Crippen LogP contribution in [-0.4, -0.2) is 62.1 Å². The fourth-order valence-corrected chi connectivity index (χ4v) is 6.41. The minimum absolute atomic E-state index is 0.107. The Bertz CT molecular complexity index is 1800. The van der Waals surface area contributed by atoms with E-state index in [1.165, 1.54) is 18.2 Å². The number of amides is 1. The van der Waals surface area contributed by atoms with Gasteiger partial charge in [-0.3, -0.25) is 14.9 Å². The Hall–Kier alpha value is -4.69. The normalized spacial score (nSPS) is 18.2. The molecular weight excluding hydrogens is 576 g/mol. The number of anilines is 3. The molecule has 6 rings (SSSR count). The molecule has 0 saturated heterocycles. The zero-order valence-corrected chi connectivity index (χ0v) is 24.1. The van der Waals surface area contributed by atoms with E-state index in [0.29, 0.717) is 54.9 Å². The molecule has 0 unspecified atom stereocenters. The Kier molecular flexibility index (Phi) is 7.62. The lowest BCUT2D eigenvalue weighted by molar-refractivity contribution is -0.384. The second-order valence-corrected chi connectivity index (χ2v) is 12.2. The molecule has 2 aromatic carbocycles. The summed E-state index contributed by atoms with van der Waals surface area (Å²) in [5, 5.41) is 15.7. The van der Waals surface area contributed by atoms with Crippen LogP contribution < -0.4 is 19.7 Å². The number of carbonyl (C=O) groups is 1. The van der Waals surface area contributed by atoms with Gasteiger partial charge in [0.25, 0.3) is 21.6 Å². The van der Waals surface area contributed by atoms with Gasteiger partial charge < -0.3 is 24.7 Å². The fourth-order valence-electron chi connectivity index (χ4n) is 5.42. The first-order chi connectivity index (χ1) is 20.7. The zero-order chi connectivity index (χ0) is 30.1. The molecule has 0 spiro atoms. The highest BCUT2D eigenvalue weighted by Crippen LogP contribution is 2.38. The summed E-state index contributed by atoms with van der Waals surface area (Å²) in [5.74, 6) is -0.174. The summed E-state index contributed by atoms with van der Waals surface area (Å²) < 4.78 is 39.9. The van der Waals surface area contributed by atoms with Crippen LogP contribution in [0.2, 0.25) is 0 Å². The molecule has 0 bridgehead atoms. The highest BCUT2D eigenvalue weighted by Gasteiger charge is 2.30. The third-order valence-corrected chi connectivity index (χ3v) is 9.12. The Morgan fingerprint density at radius 2 is 2.00 bits per heavy atom. The van der Waals surface area contributed by atoms with Crippen molar-refractivity contribution in [2.24, 2.45) is 5.92 Å². The highest BCUT2D eigenvalue weighted by molar-refractivity contribution is 7.90. The predicted molar refractivity (Wildman–Crippen MR) is 159 cm³/mol. The number of para-hydroxylation sites is 1. The maximum Gasteiger partial charge on any atom is 0.293 e. The van der Waals surface area contributed by atoms with Crippen molar-refractivity contribution in [3.63, 3.8) is 0 Å². The van der Waals surface area contributed by atoms with Crippen molar-refractivity contribution in [2.45, 2.75) is 30.3 Å². The minimum atomic E-state index is -4.46. The summed E-state index contributed by atoms with van der Waals surface area (Å²) in [5.41, 5.74) is 1.69. The van der Waals surface area contributed by atoms with Gasteiger partial charge in [-0.15, -0.1) is 0 Å². The third-order valence-electron chi connectivity index (χ3n) is 7.79. The quantitative estimate of drug-likeness (QED) is 0.184. The van der Waals surface area contributed by atoms with Crippen molar-refractivity contribution < 1.29 is 27.6 Å². The summed E-state index contributed by atoms with van der Waals surface area (Å²) in [6, 6.07) is 14.0. The molecule has 13 nitrogen and oxygen atoms in total. The number of nitro benzene ring substituents is 1. The van der Waals surface area contributed by atoms with E-state index in [1.807, 2.05) is 17.0 Å². The zero-order valence-electron chi connectivity index (χ0n) is 23.3. The van der Waals surface area contributed by atoms with Crippen molar-refractivity contribution >= 4 is 49.7 Å². The van der Waals surface area contributed by atoms with E-state index in [1.54, 1.807) is 31.5 Å². The van der Waals surface area contributed by atoms with Gasteiger partial charge in [0.05, 0.1) is 33.8 Å². The number of nitrogens with one attached hydrogen (secondary N) is 3. The number of hydrogen-bond acceptors (Lipinski definition) is 10. The van der Waals surface area contributed by atoms with Gasteiger partial charge in [-0.2, -0.15) is 4.98 Å². The second-order valence-electron chi connectivity index (χ2n) is 10.5. The molecule has 1 aliphatic heterocycles. The Balaban J connectivity index is 1.25. The van der Waals surface area contributed by atoms with Crippen molar-refractivity contribution in [1.82, 2.24) is 14.7 Å². The van der Waals surface area contributed by atoms with E-state index in [2.05, 4.69) is 20.0 Å². The van der Waals surface area contributed by atoms with Crippen LogP contribution in [0.15, 0.2) is 65.7 Å². The van der Waals surface area contributed by atoms with Crippen molar-refractivity contribution in [3.05, 3.63) is 76.5 Å². The average Bonchev–Trinajstić information content (AvgIpc) is 3.33. The fraction of sp³-hybridized carbons (Fsp3) is 0.310. The number of sulfonamides is 1. The van der Waals surface area contributed by atoms with Gasteiger partial charge in [-0.1, -0.05) is 12.1 Å². The molecule has 0 radical (unpaired) electrons. The number of nitro groups is 1. The molecule has 1 saturated carbocycles. The van der Waals surface area contributed by atoms with Gasteiger partial charge in [0.1, 0.15) is 17.0 Å². The largest absolute Gasteiger partial charge is 0.476 e. The number of carbonyl (C=O) groups excluding carboxylic acids is 1.